The Morgan fingerprint density at radius 2 is 1.93 bits per heavy atom. The SMILES string of the molecule is CC[C@@]1(O)C(=O)OCc2c1cc1n(c2=O)Cc2c-1nc1ccccc1c2/C=N/OCC(=O)NCCCNC(=O)OC(C)(C)C. The summed E-state index contributed by atoms with van der Waals surface area (Å²) in [6.07, 6.45) is 1.52. The molecule has 0 aliphatic carbocycles. The van der Waals surface area contributed by atoms with Crippen LogP contribution in [-0.2, 0) is 42.7 Å². The van der Waals surface area contributed by atoms with Gasteiger partial charge in [-0.3, -0.25) is 9.59 Å². The first-order chi connectivity index (χ1) is 20.9. The number of para-hydroxylation sites is 1. The third kappa shape index (κ3) is 6.00. The maximum atomic E-state index is 13.5. The largest absolute Gasteiger partial charge is 0.458 e. The Bertz CT molecular complexity index is 1720. The summed E-state index contributed by atoms with van der Waals surface area (Å²) in [5.74, 6) is -1.16. The topological polar surface area (TPSA) is 170 Å². The number of ether oxygens (including phenoxy) is 2. The number of oxime groups is 1. The highest BCUT2D eigenvalue weighted by molar-refractivity contribution is 6.02. The Morgan fingerprint density at radius 1 is 1.18 bits per heavy atom. The predicted octanol–water partition coefficient (Wildman–Crippen LogP) is 2.46. The minimum atomic E-state index is -1.92. The average molecular weight is 606 g/mol. The van der Waals surface area contributed by atoms with Crippen LogP contribution in [0.3, 0.4) is 0 Å². The summed E-state index contributed by atoms with van der Waals surface area (Å²) in [6, 6.07) is 9.06. The summed E-state index contributed by atoms with van der Waals surface area (Å²) < 4.78 is 11.9. The summed E-state index contributed by atoms with van der Waals surface area (Å²) >= 11 is 0. The van der Waals surface area contributed by atoms with Gasteiger partial charge in [0.1, 0.15) is 12.2 Å². The third-order valence-electron chi connectivity index (χ3n) is 7.44. The number of nitrogens with zero attached hydrogens (tertiary/aromatic N) is 3. The number of nitrogens with one attached hydrogen (secondary N) is 2. The number of carbonyl (C=O) groups excluding carboxylic acids is 3. The van der Waals surface area contributed by atoms with E-state index in [-0.39, 0.29) is 48.8 Å². The smallest absolute Gasteiger partial charge is 0.407 e. The van der Waals surface area contributed by atoms with Gasteiger partial charge in [-0.2, -0.15) is 0 Å². The van der Waals surface area contributed by atoms with E-state index in [4.69, 9.17) is 19.3 Å². The van der Waals surface area contributed by atoms with Gasteiger partial charge in [0, 0.05) is 35.2 Å². The Kier molecular flexibility index (Phi) is 8.42. The molecule has 2 aliphatic heterocycles. The molecule has 0 spiro atoms. The molecule has 13 heteroatoms. The number of aliphatic hydroxyl groups is 1. The van der Waals surface area contributed by atoms with Gasteiger partial charge in [-0.15, -0.1) is 0 Å². The van der Waals surface area contributed by atoms with Crippen LogP contribution in [-0.4, -0.2) is 64.1 Å². The zero-order chi connectivity index (χ0) is 31.6. The van der Waals surface area contributed by atoms with Gasteiger partial charge in [0.15, 0.2) is 12.2 Å². The van der Waals surface area contributed by atoms with E-state index in [1.54, 1.807) is 38.3 Å². The predicted molar refractivity (Wildman–Crippen MR) is 160 cm³/mol. The highest BCUT2D eigenvalue weighted by atomic mass is 16.6. The Hall–Kier alpha value is -4.78. The van der Waals surface area contributed by atoms with Gasteiger partial charge in [-0.05, 0) is 45.7 Å². The average Bonchev–Trinajstić information content (AvgIpc) is 3.34. The van der Waals surface area contributed by atoms with Crippen LogP contribution < -0.4 is 16.2 Å². The van der Waals surface area contributed by atoms with Crippen LogP contribution >= 0.6 is 0 Å². The van der Waals surface area contributed by atoms with E-state index in [0.717, 1.165) is 5.39 Å². The molecule has 0 radical (unpaired) electrons. The fourth-order valence-corrected chi connectivity index (χ4v) is 5.26. The molecule has 0 saturated carbocycles. The molecule has 1 atom stereocenters. The highest BCUT2D eigenvalue weighted by Gasteiger charge is 2.45. The molecule has 2 aromatic heterocycles. The van der Waals surface area contributed by atoms with Gasteiger partial charge >= 0.3 is 12.1 Å². The van der Waals surface area contributed by atoms with Gasteiger partial charge in [-0.25, -0.2) is 14.6 Å². The number of fused-ring (bicyclic) bond motifs is 5. The normalized spacial score (nSPS) is 17.1. The number of amides is 2. The van der Waals surface area contributed by atoms with Crippen LogP contribution in [0.5, 0.6) is 0 Å². The van der Waals surface area contributed by atoms with E-state index in [2.05, 4.69) is 15.8 Å². The number of hydrogen-bond acceptors (Lipinski definition) is 10. The second kappa shape index (κ2) is 12.1. The van der Waals surface area contributed by atoms with Crippen molar-refractivity contribution >= 4 is 35.1 Å². The zero-order valence-electron chi connectivity index (χ0n) is 25.1. The monoisotopic (exact) mass is 605 g/mol. The summed E-state index contributed by atoms with van der Waals surface area (Å²) in [5.41, 5.74) is 0.634. The van der Waals surface area contributed by atoms with Crippen LogP contribution in [0.25, 0.3) is 22.3 Å². The lowest BCUT2D eigenvalue weighted by Gasteiger charge is -2.31. The molecule has 44 heavy (non-hydrogen) atoms. The number of pyridine rings is 2. The quantitative estimate of drug-likeness (QED) is 0.112. The number of benzene rings is 1. The van der Waals surface area contributed by atoms with Crippen molar-refractivity contribution in [3.05, 3.63) is 62.9 Å². The van der Waals surface area contributed by atoms with Gasteiger partial charge in [0.2, 0.25) is 0 Å². The summed E-state index contributed by atoms with van der Waals surface area (Å²) in [4.78, 5) is 60.0. The van der Waals surface area contributed by atoms with Crippen molar-refractivity contribution in [3.8, 4) is 11.4 Å². The van der Waals surface area contributed by atoms with E-state index < -0.39 is 23.3 Å². The molecule has 0 fully saturated rings. The molecule has 4 heterocycles. The maximum absolute atomic E-state index is 13.5. The molecule has 0 saturated heterocycles. The van der Waals surface area contributed by atoms with Gasteiger partial charge < -0.3 is 34.6 Å². The van der Waals surface area contributed by atoms with Crippen LogP contribution in [0.4, 0.5) is 4.79 Å². The lowest BCUT2D eigenvalue weighted by Crippen LogP contribution is -2.44. The number of hydrogen-bond donors (Lipinski definition) is 3. The van der Waals surface area contributed by atoms with E-state index in [0.29, 0.717) is 47.5 Å². The van der Waals surface area contributed by atoms with Crippen molar-refractivity contribution in [2.24, 2.45) is 5.16 Å². The van der Waals surface area contributed by atoms with E-state index >= 15 is 0 Å². The van der Waals surface area contributed by atoms with Crippen LogP contribution in [0, 0.1) is 0 Å². The second-order valence-electron chi connectivity index (χ2n) is 11.6. The first kappa shape index (κ1) is 30.7. The fourth-order valence-electron chi connectivity index (χ4n) is 5.26. The zero-order valence-corrected chi connectivity index (χ0v) is 25.1. The minimum Gasteiger partial charge on any atom is -0.458 e. The molecule has 232 valence electrons. The van der Waals surface area contributed by atoms with E-state index in [1.165, 1.54) is 6.21 Å². The molecule has 3 N–H and O–H groups in total. The molecule has 3 aromatic rings. The van der Waals surface area contributed by atoms with Crippen molar-refractivity contribution in [1.29, 1.82) is 0 Å². The summed E-state index contributed by atoms with van der Waals surface area (Å²) in [7, 11) is 0. The Balaban J connectivity index is 1.30. The summed E-state index contributed by atoms with van der Waals surface area (Å²) in [5, 5.41) is 21.3. The highest BCUT2D eigenvalue weighted by Crippen LogP contribution is 2.39. The number of aromatic nitrogens is 2. The number of esters is 1. The first-order valence-corrected chi connectivity index (χ1v) is 14.4. The van der Waals surface area contributed by atoms with Crippen LogP contribution in [0.1, 0.15) is 62.8 Å². The van der Waals surface area contributed by atoms with Crippen molar-refractivity contribution in [1.82, 2.24) is 20.2 Å². The lowest BCUT2D eigenvalue weighted by atomic mass is 9.86. The minimum absolute atomic E-state index is 0.0472. The summed E-state index contributed by atoms with van der Waals surface area (Å²) in [6.45, 7) is 7.29. The molecule has 5 rings (SSSR count). The van der Waals surface area contributed by atoms with E-state index in [1.807, 2.05) is 24.3 Å². The van der Waals surface area contributed by atoms with Crippen molar-refractivity contribution in [2.45, 2.75) is 64.9 Å². The fraction of sp³-hybridized carbons (Fsp3) is 0.419. The first-order valence-electron chi connectivity index (χ1n) is 14.4. The molecular formula is C31H35N5O8. The third-order valence-corrected chi connectivity index (χ3v) is 7.44. The molecule has 0 unspecified atom stereocenters. The van der Waals surface area contributed by atoms with Gasteiger partial charge in [0.25, 0.3) is 11.5 Å². The molecule has 0 bridgehead atoms. The Morgan fingerprint density at radius 3 is 2.68 bits per heavy atom. The van der Waals surface area contributed by atoms with Gasteiger partial charge in [-0.1, -0.05) is 30.3 Å². The van der Waals surface area contributed by atoms with E-state index in [9.17, 15) is 24.3 Å². The van der Waals surface area contributed by atoms with Crippen LogP contribution in [0.2, 0.25) is 0 Å². The molecule has 1 aromatic carbocycles. The van der Waals surface area contributed by atoms with Crippen molar-refractivity contribution in [3.63, 3.8) is 0 Å². The number of carbonyl (C=O) groups is 3. The number of alkyl carbamates (subject to hydrolysis) is 1. The van der Waals surface area contributed by atoms with Crippen molar-refractivity contribution < 1.29 is 33.8 Å². The Labute approximate surface area is 253 Å². The molecule has 2 amide bonds. The molecule has 13 nitrogen and oxygen atoms in total. The van der Waals surface area contributed by atoms with Gasteiger partial charge in [0.05, 0.1) is 35.2 Å². The molecule has 2 aliphatic rings. The van der Waals surface area contributed by atoms with Crippen LogP contribution in [0.15, 0.2) is 40.3 Å². The second-order valence-corrected chi connectivity index (χ2v) is 11.6. The number of rotatable bonds is 9. The lowest BCUT2D eigenvalue weighted by molar-refractivity contribution is -0.172. The van der Waals surface area contributed by atoms with Crippen molar-refractivity contribution in [2.75, 3.05) is 19.7 Å². The standard InChI is InChI=1S/C31H35N5O8/c1-5-31(41)22-13-24-26-20(15-36(24)27(38)21(22)16-42-28(31)39)19(18-9-6-7-10-23(18)35-26)14-34-43-17-25(37)32-11-8-12-33-29(40)44-30(2,3)4/h6-7,9-10,13-14,41H,5,8,11-12,15-17H2,1-4H3,(H,32,37)(H,33,40)/b34-14+/t31-/m0/s1. The number of cyclic esters (lactones) is 1. The molecular weight excluding hydrogens is 570 g/mol. The maximum Gasteiger partial charge on any atom is 0.407 e.